The van der Waals surface area contributed by atoms with Crippen molar-refractivity contribution >= 4 is 5.78 Å². The lowest BCUT2D eigenvalue weighted by Crippen LogP contribution is -1.93. The van der Waals surface area contributed by atoms with Gasteiger partial charge in [0.05, 0.1) is 0 Å². The quantitative estimate of drug-likeness (QED) is 0.579. The first-order valence-corrected chi connectivity index (χ1v) is 6.38. The Morgan fingerprint density at radius 2 is 1.58 bits per heavy atom. The molecule has 2 aromatic carbocycles. The maximum Gasteiger partial charge on any atom is 0.236 e. The van der Waals surface area contributed by atoms with Crippen LogP contribution in [-0.4, -0.2) is 5.78 Å². The molecule has 0 N–H and O–H groups in total. The standard InChI is InChI=1S/C18H16O/c1-14(2)16-11-8-15(9-12-16)10-13-18(19)17-6-4-3-5-7-17/h3-9,11-12,14H,1-2H3. The largest absolute Gasteiger partial charge is 0.279 e. The number of hydrogen-bond acceptors (Lipinski definition) is 1. The average molecular weight is 248 g/mol. The number of rotatable bonds is 2. The van der Waals surface area contributed by atoms with E-state index in [2.05, 4.69) is 37.8 Å². The van der Waals surface area contributed by atoms with Crippen LogP contribution in [0.5, 0.6) is 0 Å². The van der Waals surface area contributed by atoms with Gasteiger partial charge in [0.25, 0.3) is 0 Å². The molecule has 2 aromatic rings. The van der Waals surface area contributed by atoms with Crippen molar-refractivity contribution in [2.45, 2.75) is 19.8 Å². The zero-order chi connectivity index (χ0) is 13.7. The van der Waals surface area contributed by atoms with Crippen LogP contribution in [-0.2, 0) is 0 Å². The molecule has 0 bridgehead atoms. The van der Waals surface area contributed by atoms with E-state index in [1.165, 1.54) is 5.56 Å². The molecule has 2 rings (SSSR count). The monoisotopic (exact) mass is 248 g/mol. The number of ketones is 1. The van der Waals surface area contributed by atoms with Crippen molar-refractivity contribution in [3.63, 3.8) is 0 Å². The molecule has 0 unspecified atom stereocenters. The van der Waals surface area contributed by atoms with Crippen LogP contribution in [0.4, 0.5) is 0 Å². The summed E-state index contributed by atoms with van der Waals surface area (Å²) in [6.45, 7) is 4.30. The van der Waals surface area contributed by atoms with Crippen molar-refractivity contribution in [1.29, 1.82) is 0 Å². The lowest BCUT2D eigenvalue weighted by molar-refractivity contribution is 0.105. The molecule has 19 heavy (non-hydrogen) atoms. The summed E-state index contributed by atoms with van der Waals surface area (Å²) < 4.78 is 0. The van der Waals surface area contributed by atoms with E-state index >= 15 is 0 Å². The summed E-state index contributed by atoms with van der Waals surface area (Å²) in [5, 5.41) is 0. The second-order valence-corrected chi connectivity index (χ2v) is 4.72. The van der Waals surface area contributed by atoms with Crippen LogP contribution in [0.15, 0.2) is 54.6 Å². The van der Waals surface area contributed by atoms with Crippen LogP contribution in [0.1, 0.15) is 41.3 Å². The molecule has 0 aromatic heterocycles. The lowest BCUT2D eigenvalue weighted by Gasteiger charge is -2.03. The first kappa shape index (κ1) is 13.1. The Hall–Kier alpha value is -2.33. The minimum absolute atomic E-state index is 0.145. The van der Waals surface area contributed by atoms with Crippen LogP contribution >= 0.6 is 0 Å². The second-order valence-electron chi connectivity index (χ2n) is 4.72. The molecule has 0 amide bonds. The topological polar surface area (TPSA) is 17.1 Å². The Kier molecular flexibility index (Phi) is 4.15. The third-order valence-corrected chi connectivity index (χ3v) is 2.93. The summed E-state index contributed by atoms with van der Waals surface area (Å²) in [4.78, 5) is 11.8. The molecule has 0 aliphatic heterocycles. The Balaban J connectivity index is 2.14. The van der Waals surface area contributed by atoms with Crippen molar-refractivity contribution in [3.05, 3.63) is 71.3 Å². The molecule has 94 valence electrons. The van der Waals surface area contributed by atoms with E-state index in [1.807, 2.05) is 30.3 Å². The fourth-order valence-electron chi connectivity index (χ4n) is 1.74. The van der Waals surface area contributed by atoms with Crippen molar-refractivity contribution in [3.8, 4) is 11.8 Å². The fraction of sp³-hybridized carbons (Fsp3) is 0.167. The van der Waals surface area contributed by atoms with Crippen LogP contribution in [0.3, 0.4) is 0 Å². The SMILES string of the molecule is CC(C)c1ccc(C#CC(=O)c2ccccc2)cc1. The van der Waals surface area contributed by atoms with E-state index in [-0.39, 0.29) is 5.78 Å². The van der Waals surface area contributed by atoms with E-state index in [0.717, 1.165) is 5.56 Å². The number of carbonyl (C=O) groups is 1. The maximum absolute atomic E-state index is 11.8. The molecule has 0 aliphatic rings. The van der Waals surface area contributed by atoms with Gasteiger partial charge in [0, 0.05) is 11.1 Å². The molecular weight excluding hydrogens is 232 g/mol. The molecule has 1 heteroatoms. The molecule has 0 fully saturated rings. The molecule has 0 spiro atoms. The van der Waals surface area contributed by atoms with E-state index in [0.29, 0.717) is 11.5 Å². The van der Waals surface area contributed by atoms with Gasteiger partial charge in [-0.05, 0) is 29.5 Å². The summed E-state index contributed by atoms with van der Waals surface area (Å²) in [5.74, 6) is 5.95. The van der Waals surface area contributed by atoms with Crippen LogP contribution < -0.4 is 0 Å². The highest BCUT2D eigenvalue weighted by atomic mass is 16.1. The molecule has 0 aliphatic carbocycles. The van der Waals surface area contributed by atoms with Crippen molar-refractivity contribution in [2.24, 2.45) is 0 Å². The minimum Gasteiger partial charge on any atom is -0.279 e. The Labute approximate surface area is 114 Å². The van der Waals surface area contributed by atoms with Gasteiger partial charge in [-0.25, -0.2) is 0 Å². The van der Waals surface area contributed by atoms with Gasteiger partial charge in [-0.15, -0.1) is 0 Å². The number of Topliss-reactive ketones (excluding diaryl/α,β-unsaturated/α-hetero) is 1. The van der Waals surface area contributed by atoms with Crippen LogP contribution in [0.2, 0.25) is 0 Å². The van der Waals surface area contributed by atoms with E-state index < -0.39 is 0 Å². The number of carbonyl (C=O) groups excluding carboxylic acids is 1. The number of benzene rings is 2. The fourth-order valence-corrected chi connectivity index (χ4v) is 1.74. The smallest absolute Gasteiger partial charge is 0.236 e. The zero-order valence-electron chi connectivity index (χ0n) is 11.2. The molecule has 0 heterocycles. The first-order valence-electron chi connectivity index (χ1n) is 6.38. The summed E-state index contributed by atoms with van der Waals surface area (Å²) >= 11 is 0. The summed E-state index contributed by atoms with van der Waals surface area (Å²) in [6.07, 6.45) is 0. The van der Waals surface area contributed by atoms with Gasteiger partial charge in [-0.3, -0.25) is 4.79 Å². The van der Waals surface area contributed by atoms with Gasteiger partial charge in [-0.2, -0.15) is 0 Å². The summed E-state index contributed by atoms with van der Waals surface area (Å²) in [7, 11) is 0. The normalized spacial score (nSPS) is 9.84. The van der Waals surface area contributed by atoms with Crippen LogP contribution in [0, 0.1) is 11.8 Å². The molecule has 0 saturated carbocycles. The van der Waals surface area contributed by atoms with E-state index in [1.54, 1.807) is 12.1 Å². The average Bonchev–Trinajstić information content (AvgIpc) is 2.46. The lowest BCUT2D eigenvalue weighted by atomic mass is 10.0. The van der Waals surface area contributed by atoms with E-state index in [9.17, 15) is 4.79 Å². The van der Waals surface area contributed by atoms with Crippen molar-refractivity contribution < 1.29 is 4.79 Å². The summed E-state index contributed by atoms with van der Waals surface area (Å²) in [5.41, 5.74) is 2.78. The molecule has 0 atom stereocenters. The second kappa shape index (κ2) is 6.02. The van der Waals surface area contributed by atoms with Crippen molar-refractivity contribution in [1.82, 2.24) is 0 Å². The van der Waals surface area contributed by atoms with Gasteiger partial charge in [0.2, 0.25) is 5.78 Å². The third-order valence-electron chi connectivity index (χ3n) is 2.93. The molecule has 0 radical (unpaired) electrons. The van der Waals surface area contributed by atoms with Gasteiger partial charge in [-0.1, -0.05) is 62.2 Å². The first-order chi connectivity index (χ1) is 9.16. The maximum atomic E-state index is 11.8. The van der Waals surface area contributed by atoms with Gasteiger partial charge < -0.3 is 0 Å². The minimum atomic E-state index is -0.145. The molecule has 1 nitrogen and oxygen atoms in total. The number of hydrogen-bond donors (Lipinski definition) is 0. The third kappa shape index (κ3) is 3.56. The predicted molar refractivity (Wildman–Crippen MR) is 78.2 cm³/mol. The highest BCUT2D eigenvalue weighted by Crippen LogP contribution is 2.14. The van der Waals surface area contributed by atoms with Gasteiger partial charge >= 0.3 is 0 Å². The Morgan fingerprint density at radius 3 is 2.16 bits per heavy atom. The van der Waals surface area contributed by atoms with E-state index in [4.69, 9.17) is 0 Å². The molecular formula is C18H16O. The van der Waals surface area contributed by atoms with Gasteiger partial charge in [0.15, 0.2) is 0 Å². The Morgan fingerprint density at radius 1 is 0.947 bits per heavy atom. The summed E-state index contributed by atoms with van der Waals surface area (Å²) in [6, 6.07) is 17.1. The highest BCUT2D eigenvalue weighted by molar-refractivity contribution is 6.09. The zero-order valence-corrected chi connectivity index (χ0v) is 11.2. The Bertz CT molecular complexity index is 610. The van der Waals surface area contributed by atoms with Crippen molar-refractivity contribution in [2.75, 3.05) is 0 Å². The van der Waals surface area contributed by atoms with Gasteiger partial charge in [0.1, 0.15) is 0 Å². The molecule has 0 saturated heterocycles. The predicted octanol–water partition coefficient (Wildman–Crippen LogP) is 4.04. The van der Waals surface area contributed by atoms with Crippen LogP contribution in [0.25, 0.3) is 0 Å². The highest BCUT2D eigenvalue weighted by Gasteiger charge is 2.00.